The summed E-state index contributed by atoms with van der Waals surface area (Å²) in [6.45, 7) is 7.24. The van der Waals surface area contributed by atoms with E-state index in [-0.39, 0.29) is 5.69 Å². The highest BCUT2D eigenvalue weighted by atomic mass is 16.2. The average Bonchev–Trinajstić information content (AvgIpc) is 2.67. The summed E-state index contributed by atoms with van der Waals surface area (Å²) in [4.78, 5) is 29.8. The first kappa shape index (κ1) is 11.6. The molecule has 0 aliphatic rings. The van der Waals surface area contributed by atoms with Gasteiger partial charge in [-0.2, -0.15) is 0 Å². The number of H-pyrrole nitrogens is 1. The van der Waals surface area contributed by atoms with Gasteiger partial charge < -0.3 is 4.57 Å². The van der Waals surface area contributed by atoms with E-state index >= 15 is 0 Å². The third-order valence-electron chi connectivity index (χ3n) is 2.63. The molecule has 6 nitrogen and oxygen atoms in total. The minimum absolute atomic E-state index is 0.321. The first-order chi connectivity index (χ1) is 8.04. The maximum absolute atomic E-state index is 11.8. The highest BCUT2D eigenvalue weighted by Crippen LogP contribution is 2.08. The van der Waals surface area contributed by atoms with E-state index in [1.807, 2.05) is 25.3 Å². The summed E-state index contributed by atoms with van der Waals surface area (Å²) in [5, 5.41) is 0. The molecule has 2 aromatic rings. The molecule has 0 radical (unpaired) electrons. The zero-order valence-electron chi connectivity index (χ0n) is 10.2. The summed E-state index contributed by atoms with van der Waals surface area (Å²) >= 11 is 0. The Balaban J connectivity index is 2.84. The summed E-state index contributed by atoms with van der Waals surface area (Å²) in [5.41, 5.74) is 0.144. The Labute approximate surface area is 97.9 Å². The number of hydrogen-bond donors (Lipinski definition) is 1. The summed E-state index contributed by atoms with van der Waals surface area (Å²) in [5.74, 6) is 0.321. The van der Waals surface area contributed by atoms with Crippen molar-refractivity contribution in [3.8, 4) is 0 Å². The van der Waals surface area contributed by atoms with Gasteiger partial charge in [-0.1, -0.05) is 13.8 Å². The molecule has 0 atom stereocenters. The largest absolute Gasteiger partial charge is 0.330 e. The monoisotopic (exact) mass is 236 g/mol. The van der Waals surface area contributed by atoms with E-state index in [9.17, 15) is 9.59 Å². The van der Waals surface area contributed by atoms with E-state index in [1.54, 1.807) is 10.9 Å². The second-order valence-electron chi connectivity index (χ2n) is 4.47. The normalized spacial score (nSPS) is 11.5. The quantitative estimate of drug-likeness (QED) is 0.846. The summed E-state index contributed by atoms with van der Waals surface area (Å²) in [6.07, 6.45) is 1.59. The lowest BCUT2D eigenvalue weighted by molar-refractivity contribution is 0.507. The van der Waals surface area contributed by atoms with Crippen LogP contribution in [0.15, 0.2) is 15.9 Å². The number of nitrogens with zero attached hydrogens (tertiary/aromatic N) is 3. The Hall–Kier alpha value is -1.85. The van der Waals surface area contributed by atoms with Crippen LogP contribution in [0.3, 0.4) is 0 Å². The number of imidazole rings is 1. The number of aromatic nitrogens is 4. The van der Waals surface area contributed by atoms with Gasteiger partial charge in [0.2, 0.25) is 0 Å². The van der Waals surface area contributed by atoms with Gasteiger partial charge in [0.25, 0.3) is 5.56 Å². The van der Waals surface area contributed by atoms with Crippen molar-refractivity contribution in [2.24, 2.45) is 5.92 Å². The van der Waals surface area contributed by atoms with Gasteiger partial charge in [-0.15, -0.1) is 0 Å². The van der Waals surface area contributed by atoms with Crippen molar-refractivity contribution in [2.45, 2.75) is 33.9 Å². The standard InChI is InChI=1S/C11H16N4O2/c1-4-14-6-12-8-9(16)13-11(17)15(10(8)14)5-7(2)3/h6-7H,4-5H2,1-3H3,(H,13,16,17). The molecule has 0 saturated heterocycles. The topological polar surface area (TPSA) is 72.7 Å². The van der Waals surface area contributed by atoms with Crippen molar-refractivity contribution in [1.29, 1.82) is 0 Å². The summed E-state index contributed by atoms with van der Waals surface area (Å²) < 4.78 is 3.40. The zero-order valence-corrected chi connectivity index (χ0v) is 10.2. The lowest BCUT2D eigenvalue weighted by atomic mass is 10.2. The van der Waals surface area contributed by atoms with Crippen LogP contribution in [-0.4, -0.2) is 19.1 Å². The van der Waals surface area contributed by atoms with E-state index in [1.165, 1.54) is 0 Å². The fourth-order valence-electron chi connectivity index (χ4n) is 1.90. The van der Waals surface area contributed by atoms with Crippen molar-refractivity contribution in [1.82, 2.24) is 19.1 Å². The second kappa shape index (κ2) is 4.20. The lowest BCUT2D eigenvalue weighted by Crippen LogP contribution is -2.32. The fraction of sp³-hybridized carbons (Fsp3) is 0.545. The van der Waals surface area contributed by atoms with Gasteiger partial charge in [-0.25, -0.2) is 9.78 Å². The van der Waals surface area contributed by atoms with Crippen LogP contribution in [0.5, 0.6) is 0 Å². The molecule has 1 N–H and O–H groups in total. The average molecular weight is 236 g/mol. The number of hydrogen-bond acceptors (Lipinski definition) is 3. The van der Waals surface area contributed by atoms with E-state index in [0.717, 1.165) is 0 Å². The Morgan fingerprint density at radius 1 is 1.41 bits per heavy atom. The molecular formula is C11H16N4O2. The lowest BCUT2D eigenvalue weighted by Gasteiger charge is -2.11. The number of aryl methyl sites for hydroxylation is 1. The van der Waals surface area contributed by atoms with Crippen molar-refractivity contribution in [3.05, 3.63) is 27.2 Å². The molecule has 0 unspecified atom stereocenters. The Kier molecular flexibility index (Phi) is 2.87. The van der Waals surface area contributed by atoms with Gasteiger partial charge in [-0.3, -0.25) is 14.3 Å². The molecular weight excluding hydrogens is 220 g/mol. The van der Waals surface area contributed by atoms with Crippen LogP contribution in [0.2, 0.25) is 0 Å². The minimum Gasteiger partial charge on any atom is -0.317 e. The van der Waals surface area contributed by atoms with Crippen molar-refractivity contribution in [3.63, 3.8) is 0 Å². The fourth-order valence-corrected chi connectivity index (χ4v) is 1.90. The minimum atomic E-state index is -0.419. The van der Waals surface area contributed by atoms with Gasteiger partial charge in [0.05, 0.1) is 6.33 Å². The molecule has 2 heterocycles. The molecule has 0 aliphatic carbocycles. The third-order valence-corrected chi connectivity index (χ3v) is 2.63. The maximum Gasteiger partial charge on any atom is 0.330 e. The molecule has 2 rings (SSSR count). The number of rotatable bonds is 3. The van der Waals surface area contributed by atoms with Crippen molar-refractivity contribution < 1.29 is 0 Å². The second-order valence-corrected chi connectivity index (χ2v) is 4.47. The molecule has 0 fully saturated rings. The highest BCUT2D eigenvalue weighted by molar-refractivity contribution is 5.69. The van der Waals surface area contributed by atoms with Gasteiger partial charge in [0.15, 0.2) is 5.52 Å². The zero-order chi connectivity index (χ0) is 12.6. The SMILES string of the molecule is CCn1cnc2c(=O)[nH]c(=O)n(CC(C)C)c21. The maximum atomic E-state index is 11.8. The predicted octanol–water partition coefficient (Wildman–Crippen LogP) is 0.562. The van der Waals surface area contributed by atoms with E-state index in [2.05, 4.69) is 9.97 Å². The Morgan fingerprint density at radius 2 is 2.12 bits per heavy atom. The smallest absolute Gasteiger partial charge is 0.317 e. The molecule has 0 aromatic carbocycles. The van der Waals surface area contributed by atoms with Gasteiger partial charge in [0.1, 0.15) is 5.65 Å². The van der Waals surface area contributed by atoms with Crippen LogP contribution in [0.1, 0.15) is 20.8 Å². The van der Waals surface area contributed by atoms with E-state index < -0.39 is 5.56 Å². The number of fused-ring (bicyclic) bond motifs is 1. The first-order valence-corrected chi connectivity index (χ1v) is 5.72. The van der Waals surface area contributed by atoms with Crippen molar-refractivity contribution in [2.75, 3.05) is 0 Å². The van der Waals surface area contributed by atoms with Gasteiger partial charge in [0, 0.05) is 13.1 Å². The van der Waals surface area contributed by atoms with Crippen LogP contribution < -0.4 is 11.2 Å². The molecule has 17 heavy (non-hydrogen) atoms. The molecule has 6 heteroatoms. The molecule has 0 spiro atoms. The van der Waals surface area contributed by atoms with E-state index in [0.29, 0.717) is 30.2 Å². The van der Waals surface area contributed by atoms with Gasteiger partial charge in [-0.05, 0) is 12.8 Å². The number of aromatic amines is 1. The van der Waals surface area contributed by atoms with Crippen LogP contribution in [0.4, 0.5) is 0 Å². The van der Waals surface area contributed by atoms with Crippen LogP contribution in [0, 0.1) is 5.92 Å². The van der Waals surface area contributed by atoms with Gasteiger partial charge >= 0.3 is 5.69 Å². The molecule has 92 valence electrons. The van der Waals surface area contributed by atoms with Crippen molar-refractivity contribution >= 4 is 11.2 Å². The summed E-state index contributed by atoms with van der Waals surface area (Å²) in [7, 11) is 0. The summed E-state index contributed by atoms with van der Waals surface area (Å²) in [6, 6.07) is 0. The van der Waals surface area contributed by atoms with Crippen LogP contribution in [-0.2, 0) is 13.1 Å². The van der Waals surface area contributed by atoms with Crippen LogP contribution in [0.25, 0.3) is 11.2 Å². The molecule has 0 bridgehead atoms. The third kappa shape index (κ3) is 1.90. The molecule has 0 saturated carbocycles. The first-order valence-electron chi connectivity index (χ1n) is 5.72. The molecule has 0 aliphatic heterocycles. The molecule has 2 aromatic heterocycles. The highest BCUT2D eigenvalue weighted by Gasteiger charge is 2.13. The number of nitrogens with one attached hydrogen (secondary N) is 1. The predicted molar refractivity (Wildman–Crippen MR) is 65.1 cm³/mol. The Morgan fingerprint density at radius 3 is 2.71 bits per heavy atom. The van der Waals surface area contributed by atoms with E-state index in [4.69, 9.17) is 0 Å². The van der Waals surface area contributed by atoms with Crippen LogP contribution >= 0.6 is 0 Å². The molecule has 0 amide bonds. The Bertz CT molecular complexity index is 648.